The molecule has 0 aliphatic heterocycles. The number of hydrogen-bond acceptors (Lipinski definition) is 3. The maximum absolute atomic E-state index is 11.5. The molecule has 0 saturated heterocycles. The lowest BCUT2D eigenvalue weighted by Crippen LogP contribution is -1.98. The van der Waals surface area contributed by atoms with E-state index >= 15 is 0 Å². The third-order valence-corrected chi connectivity index (χ3v) is 2.51. The molecule has 1 heterocycles. The number of benzene rings is 1. The smallest absolute Gasteiger partial charge is 0.192 e. The summed E-state index contributed by atoms with van der Waals surface area (Å²) in [4.78, 5) is 11.5. The van der Waals surface area contributed by atoms with Gasteiger partial charge in [-0.05, 0) is 28.1 Å². The highest BCUT2D eigenvalue weighted by atomic mass is 79.9. The standard InChI is InChI=1S/C10H7BrO3/c1-13-6-4-7-9(12)2-3-14-10(7)8(11)5-6/h2-5H,1H3. The van der Waals surface area contributed by atoms with Crippen molar-refractivity contribution >= 4 is 26.9 Å². The quantitative estimate of drug-likeness (QED) is 0.786. The molecule has 2 aromatic rings. The monoisotopic (exact) mass is 254 g/mol. The van der Waals surface area contributed by atoms with Crippen LogP contribution in [-0.2, 0) is 0 Å². The lowest BCUT2D eigenvalue weighted by atomic mass is 10.2. The highest BCUT2D eigenvalue weighted by Crippen LogP contribution is 2.27. The Labute approximate surface area is 88.4 Å². The molecule has 0 radical (unpaired) electrons. The molecule has 0 atom stereocenters. The fourth-order valence-electron chi connectivity index (χ4n) is 1.24. The summed E-state index contributed by atoms with van der Waals surface area (Å²) < 4.78 is 11.0. The molecule has 1 aromatic carbocycles. The minimum atomic E-state index is -0.0779. The van der Waals surface area contributed by atoms with Gasteiger partial charge in [0.1, 0.15) is 5.75 Å². The minimum absolute atomic E-state index is 0.0779. The molecule has 0 aliphatic carbocycles. The van der Waals surface area contributed by atoms with Crippen LogP contribution >= 0.6 is 15.9 Å². The zero-order valence-corrected chi connectivity index (χ0v) is 9.00. The average molecular weight is 255 g/mol. The summed E-state index contributed by atoms with van der Waals surface area (Å²) >= 11 is 3.31. The predicted octanol–water partition coefficient (Wildman–Crippen LogP) is 2.56. The maximum atomic E-state index is 11.5. The van der Waals surface area contributed by atoms with Gasteiger partial charge in [0.05, 0.1) is 23.2 Å². The summed E-state index contributed by atoms with van der Waals surface area (Å²) in [5.74, 6) is 0.628. The first-order chi connectivity index (χ1) is 6.72. The summed E-state index contributed by atoms with van der Waals surface area (Å²) in [6, 6.07) is 4.80. The Morgan fingerprint density at radius 2 is 2.21 bits per heavy atom. The molecular formula is C10H7BrO3. The van der Waals surface area contributed by atoms with Crippen LogP contribution < -0.4 is 10.2 Å². The second kappa shape index (κ2) is 3.46. The van der Waals surface area contributed by atoms with Gasteiger partial charge in [-0.3, -0.25) is 4.79 Å². The van der Waals surface area contributed by atoms with Gasteiger partial charge in [-0.2, -0.15) is 0 Å². The van der Waals surface area contributed by atoms with E-state index in [9.17, 15) is 4.79 Å². The average Bonchev–Trinajstić information content (AvgIpc) is 2.19. The van der Waals surface area contributed by atoms with Crippen molar-refractivity contribution in [2.24, 2.45) is 0 Å². The number of ether oxygens (including phenoxy) is 1. The van der Waals surface area contributed by atoms with Gasteiger partial charge in [0.15, 0.2) is 11.0 Å². The first kappa shape index (κ1) is 9.27. The third kappa shape index (κ3) is 1.42. The topological polar surface area (TPSA) is 39.4 Å². The summed E-state index contributed by atoms with van der Waals surface area (Å²) in [5.41, 5.74) is 0.462. The van der Waals surface area contributed by atoms with Gasteiger partial charge in [-0.25, -0.2) is 0 Å². The second-order valence-electron chi connectivity index (χ2n) is 2.77. The molecule has 0 aliphatic rings. The zero-order valence-electron chi connectivity index (χ0n) is 7.41. The summed E-state index contributed by atoms with van der Waals surface area (Å²) in [7, 11) is 1.55. The van der Waals surface area contributed by atoms with Gasteiger partial charge in [0, 0.05) is 6.07 Å². The van der Waals surface area contributed by atoms with Crippen LogP contribution in [0.2, 0.25) is 0 Å². The highest BCUT2D eigenvalue weighted by Gasteiger charge is 2.06. The molecule has 0 spiro atoms. The van der Waals surface area contributed by atoms with E-state index in [2.05, 4.69) is 15.9 Å². The fraction of sp³-hybridized carbons (Fsp3) is 0.100. The number of halogens is 1. The van der Waals surface area contributed by atoms with E-state index in [0.29, 0.717) is 21.2 Å². The van der Waals surface area contributed by atoms with E-state index < -0.39 is 0 Å². The molecule has 0 fully saturated rings. The Balaban J connectivity index is 2.91. The zero-order chi connectivity index (χ0) is 10.1. The van der Waals surface area contributed by atoms with Crippen LogP contribution in [0.3, 0.4) is 0 Å². The first-order valence-corrected chi connectivity index (χ1v) is 4.77. The Bertz CT molecular complexity index is 530. The molecular weight excluding hydrogens is 248 g/mol. The summed E-state index contributed by atoms with van der Waals surface area (Å²) in [6.45, 7) is 0. The SMILES string of the molecule is COc1cc(Br)c2occc(=O)c2c1. The van der Waals surface area contributed by atoms with Crippen molar-refractivity contribution in [1.29, 1.82) is 0 Å². The van der Waals surface area contributed by atoms with Crippen molar-refractivity contribution < 1.29 is 9.15 Å². The van der Waals surface area contributed by atoms with Gasteiger partial charge < -0.3 is 9.15 Å². The van der Waals surface area contributed by atoms with E-state index in [4.69, 9.17) is 9.15 Å². The highest BCUT2D eigenvalue weighted by molar-refractivity contribution is 9.10. The molecule has 0 amide bonds. The maximum Gasteiger partial charge on any atom is 0.192 e. The third-order valence-electron chi connectivity index (χ3n) is 1.92. The largest absolute Gasteiger partial charge is 0.497 e. The van der Waals surface area contributed by atoms with Gasteiger partial charge in [0.25, 0.3) is 0 Å². The lowest BCUT2D eigenvalue weighted by Gasteiger charge is -2.02. The Morgan fingerprint density at radius 1 is 1.43 bits per heavy atom. The van der Waals surface area contributed by atoms with Crippen LogP contribution in [0.4, 0.5) is 0 Å². The Kier molecular flexibility index (Phi) is 2.29. The Hall–Kier alpha value is -1.29. The lowest BCUT2D eigenvalue weighted by molar-refractivity contribution is 0.415. The van der Waals surface area contributed by atoms with E-state index in [0.717, 1.165) is 0 Å². The van der Waals surface area contributed by atoms with Crippen LogP contribution in [0.25, 0.3) is 11.0 Å². The van der Waals surface area contributed by atoms with E-state index in [1.54, 1.807) is 19.2 Å². The Morgan fingerprint density at radius 3 is 2.93 bits per heavy atom. The van der Waals surface area contributed by atoms with Crippen molar-refractivity contribution in [3.63, 3.8) is 0 Å². The minimum Gasteiger partial charge on any atom is -0.497 e. The van der Waals surface area contributed by atoms with Crippen LogP contribution in [0.1, 0.15) is 0 Å². The van der Waals surface area contributed by atoms with Crippen LogP contribution in [-0.4, -0.2) is 7.11 Å². The number of methoxy groups -OCH3 is 1. The molecule has 0 saturated carbocycles. The van der Waals surface area contributed by atoms with Gasteiger partial charge in [0.2, 0.25) is 0 Å². The summed E-state index contributed by atoms with van der Waals surface area (Å²) in [6.07, 6.45) is 1.38. The van der Waals surface area contributed by atoms with Crippen molar-refractivity contribution in [1.82, 2.24) is 0 Å². The molecule has 2 rings (SSSR count). The van der Waals surface area contributed by atoms with Crippen molar-refractivity contribution in [2.45, 2.75) is 0 Å². The first-order valence-electron chi connectivity index (χ1n) is 3.97. The van der Waals surface area contributed by atoms with Crippen LogP contribution in [0.15, 0.2) is 38.1 Å². The molecule has 14 heavy (non-hydrogen) atoms. The van der Waals surface area contributed by atoms with E-state index in [-0.39, 0.29) is 5.43 Å². The molecule has 4 heteroatoms. The van der Waals surface area contributed by atoms with Crippen molar-refractivity contribution in [3.8, 4) is 5.75 Å². The van der Waals surface area contributed by atoms with Crippen molar-refractivity contribution in [3.05, 3.63) is 39.2 Å². The van der Waals surface area contributed by atoms with E-state index in [1.165, 1.54) is 12.3 Å². The molecule has 0 unspecified atom stereocenters. The molecule has 0 bridgehead atoms. The van der Waals surface area contributed by atoms with Crippen LogP contribution in [0, 0.1) is 0 Å². The van der Waals surface area contributed by atoms with Gasteiger partial charge in [-0.1, -0.05) is 0 Å². The molecule has 0 N–H and O–H groups in total. The number of fused-ring (bicyclic) bond motifs is 1. The van der Waals surface area contributed by atoms with Crippen LogP contribution in [0.5, 0.6) is 5.75 Å². The van der Waals surface area contributed by atoms with Gasteiger partial charge in [-0.15, -0.1) is 0 Å². The molecule has 1 aromatic heterocycles. The molecule has 3 nitrogen and oxygen atoms in total. The van der Waals surface area contributed by atoms with Gasteiger partial charge >= 0.3 is 0 Å². The number of rotatable bonds is 1. The molecule has 72 valence electrons. The predicted molar refractivity (Wildman–Crippen MR) is 56.7 cm³/mol. The normalized spacial score (nSPS) is 10.4. The fourth-order valence-corrected chi connectivity index (χ4v) is 1.78. The second-order valence-corrected chi connectivity index (χ2v) is 3.63. The van der Waals surface area contributed by atoms with E-state index in [1.807, 2.05) is 0 Å². The van der Waals surface area contributed by atoms with Crippen molar-refractivity contribution in [2.75, 3.05) is 7.11 Å². The summed E-state index contributed by atoms with van der Waals surface area (Å²) in [5, 5.41) is 0.513. The number of hydrogen-bond donors (Lipinski definition) is 0.